The lowest BCUT2D eigenvalue weighted by atomic mass is 10.2. The van der Waals surface area contributed by atoms with E-state index in [1.54, 1.807) is 4.57 Å². The highest BCUT2D eigenvalue weighted by Gasteiger charge is 2.17. The quantitative estimate of drug-likeness (QED) is 0.335. The highest BCUT2D eigenvalue weighted by molar-refractivity contribution is 7.98. The summed E-state index contributed by atoms with van der Waals surface area (Å²) < 4.78 is 14.7. The standard InChI is InChI=1S/C18H22N2O3S2/c1-4-22-14(23-5-2)10-11-20-17(21)16-15(19-18(20)24-3)12-8-6-7-9-13(12)25-16/h6-9,14H,4-5,10-11H2,1-3H3. The number of nitrogens with zero attached hydrogens (tertiary/aromatic N) is 2. The summed E-state index contributed by atoms with van der Waals surface area (Å²) in [5.74, 6) is 0. The van der Waals surface area contributed by atoms with Crippen molar-refractivity contribution in [2.24, 2.45) is 0 Å². The van der Waals surface area contributed by atoms with Crippen LogP contribution in [0, 0.1) is 0 Å². The molecule has 0 amide bonds. The summed E-state index contributed by atoms with van der Waals surface area (Å²) in [6, 6.07) is 8.02. The fourth-order valence-electron chi connectivity index (χ4n) is 2.83. The van der Waals surface area contributed by atoms with Gasteiger partial charge in [-0.05, 0) is 26.2 Å². The topological polar surface area (TPSA) is 53.4 Å². The molecule has 0 spiro atoms. The van der Waals surface area contributed by atoms with E-state index in [1.807, 2.05) is 44.4 Å². The molecular weight excluding hydrogens is 356 g/mol. The van der Waals surface area contributed by atoms with Gasteiger partial charge in [-0.2, -0.15) is 0 Å². The van der Waals surface area contributed by atoms with Crippen molar-refractivity contribution in [2.45, 2.75) is 38.3 Å². The van der Waals surface area contributed by atoms with E-state index in [4.69, 9.17) is 14.5 Å². The maximum Gasteiger partial charge on any atom is 0.272 e. The Morgan fingerprint density at radius 3 is 2.64 bits per heavy atom. The van der Waals surface area contributed by atoms with Gasteiger partial charge < -0.3 is 9.47 Å². The molecule has 0 N–H and O–H groups in total. The van der Waals surface area contributed by atoms with Crippen molar-refractivity contribution < 1.29 is 9.47 Å². The van der Waals surface area contributed by atoms with Crippen LogP contribution in [0.15, 0.2) is 34.2 Å². The van der Waals surface area contributed by atoms with Crippen molar-refractivity contribution in [3.8, 4) is 0 Å². The first kappa shape index (κ1) is 18.4. The number of benzene rings is 1. The second-order valence-electron chi connectivity index (χ2n) is 5.46. The van der Waals surface area contributed by atoms with Crippen molar-refractivity contribution in [3.05, 3.63) is 34.6 Å². The number of hydrogen-bond acceptors (Lipinski definition) is 6. The van der Waals surface area contributed by atoms with Crippen molar-refractivity contribution in [3.63, 3.8) is 0 Å². The van der Waals surface area contributed by atoms with Gasteiger partial charge in [-0.15, -0.1) is 11.3 Å². The molecule has 25 heavy (non-hydrogen) atoms. The molecule has 134 valence electrons. The Morgan fingerprint density at radius 2 is 1.96 bits per heavy atom. The average molecular weight is 379 g/mol. The molecule has 0 unspecified atom stereocenters. The predicted octanol–water partition coefficient (Wildman–Crippen LogP) is 4.12. The van der Waals surface area contributed by atoms with Crippen LogP contribution in [-0.4, -0.2) is 35.3 Å². The highest BCUT2D eigenvalue weighted by Crippen LogP contribution is 2.31. The van der Waals surface area contributed by atoms with E-state index in [1.165, 1.54) is 23.1 Å². The largest absolute Gasteiger partial charge is 0.353 e. The van der Waals surface area contributed by atoms with Crippen molar-refractivity contribution in [1.29, 1.82) is 0 Å². The molecule has 0 saturated carbocycles. The fourth-order valence-corrected chi connectivity index (χ4v) is 4.50. The first-order valence-corrected chi connectivity index (χ1v) is 10.4. The molecule has 0 aliphatic carbocycles. The highest BCUT2D eigenvalue weighted by atomic mass is 32.2. The normalized spacial score (nSPS) is 11.8. The van der Waals surface area contributed by atoms with E-state index in [0.717, 1.165) is 20.8 Å². The van der Waals surface area contributed by atoms with Crippen LogP contribution >= 0.6 is 23.1 Å². The Bertz CT molecular complexity index is 914. The SMILES string of the molecule is CCOC(CCn1c(SC)nc2c(sc3ccccc32)c1=O)OCC. The smallest absolute Gasteiger partial charge is 0.272 e. The lowest BCUT2D eigenvalue weighted by Gasteiger charge is -2.18. The minimum atomic E-state index is -0.297. The van der Waals surface area contributed by atoms with Gasteiger partial charge in [0.25, 0.3) is 5.56 Å². The van der Waals surface area contributed by atoms with Gasteiger partial charge in [0.2, 0.25) is 0 Å². The zero-order valence-corrected chi connectivity index (χ0v) is 16.3. The molecule has 0 atom stereocenters. The molecule has 2 heterocycles. The molecular formula is C18H22N2O3S2. The van der Waals surface area contributed by atoms with Crippen LogP contribution in [0.4, 0.5) is 0 Å². The van der Waals surface area contributed by atoms with Gasteiger partial charge >= 0.3 is 0 Å². The Hall–Kier alpha value is -1.41. The molecule has 1 aromatic carbocycles. The Morgan fingerprint density at radius 1 is 1.24 bits per heavy atom. The van der Waals surface area contributed by atoms with E-state index in [9.17, 15) is 4.79 Å². The molecule has 7 heteroatoms. The predicted molar refractivity (Wildman–Crippen MR) is 105 cm³/mol. The molecule has 2 aromatic heterocycles. The van der Waals surface area contributed by atoms with Crippen LogP contribution in [0.2, 0.25) is 0 Å². The number of rotatable bonds is 8. The van der Waals surface area contributed by atoms with E-state index in [0.29, 0.717) is 30.9 Å². The molecule has 3 rings (SSSR count). The van der Waals surface area contributed by atoms with Crippen LogP contribution in [-0.2, 0) is 16.0 Å². The monoisotopic (exact) mass is 378 g/mol. The number of fused-ring (bicyclic) bond motifs is 3. The lowest BCUT2D eigenvalue weighted by molar-refractivity contribution is -0.141. The summed E-state index contributed by atoms with van der Waals surface area (Å²) >= 11 is 3.00. The van der Waals surface area contributed by atoms with Gasteiger partial charge in [0.1, 0.15) is 4.70 Å². The minimum Gasteiger partial charge on any atom is -0.353 e. The Kier molecular flexibility index (Phi) is 6.11. The van der Waals surface area contributed by atoms with Crippen molar-refractivity contribution in [1.82, 2.24) is 9.55 Å². The Balaban J connectivity index is 2.01. The summed E-state index contributed by atoms with van der Waals surface area (Å²) in [6.07, 6.45) is 2.27. The third-order valence-corrected chi connectivity index (χ3v) is 5.75. The third-order valence-electron chi connectivity index (χ3n) is 3.92. The molecule has 0 aliphatic heterocycles. The lowest BCUT2D eigenvalue weighted by Crippen LogP contribution is -2.26. The number of ether oxygens (including phenoxy) is 2. The van der Waals surface area contributed by atoms with Gasteiger partial charge in [0.05, 0.1) is 5.52 Å². The zero-order valence-electron chi connectivity index (χ0n) is 14.7. The second-order valence-corrected chi connectivity index (χ2v) is 7.29. The van der Waals surface area contributed by atoms with Crippen molar-refractivity contribution >= 4 is 43.4 Å². The van der Waals surface area contributed by atoms with Gasteiger partial charge in [-0.25, -0.2) is 4.98 Å². The first-order valence-electron chi connectivity index (χ1n) is 8.38. The van der Waals surface area contributed by atoms with Gasteiger partial charge in [-0.1, -0.05) is 30.0 Å². The van der Waals surface area contributed by atoms with Crippen LogP contribution in [0.5, 0.6) is 0 Å². The first-order chi connectivity index (χ1) is 12.2. The number of aromatic nitrogens is 2. The summed E-state index contributed by atoms with van der Waals surface area (Å²) in [4.78, 5) is 17.8. The van der Waals surface area contributed by atoms with Crippen molar-refractivity contribution in [2.75, 3.05) is 19.5 Å². The summed E-state index contributed by atoms with van der Waals surface area (Å²) in [6.45, 7) is 5.58. The fraction of sp³-hybridized carbons (Fsp3) is 0.444. The van der Waals surface area contributed by atoms with Gasteiger partial charge in [0, 0.05) is 36.3 Å². The average Bonchev–Trinajstić information content (AvgIpc) is 3.00. The van der Waals surface area contributed by atoms with Crippen LogP contribution in [0.1, 0.15) is 20.3 Å². The second kappa shape index (κ2) is 8.31. The summed E-state index contributed by atoms with van der Waals surface area (Å²) in [5, 5.41) is 1.77. The Labute approximate surface area is 155 Å². The van der Waals surface area contributed by atoms with E-state index in [2.05, 4.69) is 0 Å². The number of thiophene rings is 1. The molecule has 0 radical (unpaired) electrons. The maximum atomic E-state index is 13.0. The van der Waals surface area contributed by atoms with Crippen LogP contribution < -0.4 is 5.56 Å². The van der Waals surface area contributed by atoms with Gasteiger partial charge in [-0.3, -0.25) is 9.36 Å². The minimum absolute atomic E-state index is 0.0160. The number of hydrogen-bond donors (Lipinski definition) is 0. The molecule has 0 bridgehead atoms. The molecule has 3 aromatic rings. The maximum absolute atomic E-state index is 13.0. The molecule has 5 nitrogen and oxygen atoms in total. The van der Waals surface area contributed by atoms with E-state index >= 15 is 0 Å². The summed E-state index contributed by atoms with van der Waals surface area (Å²) in [7, 11) is 0. The van der Waals surface area contributed by atoms with E-state index < -0.39 is 0 Å². The van der Waals surface area contributed by atoms with Gasteiger partial charge in [0.15, 0.2) is 11.4 Å². The number of thioether (sulfide) groups is 1. The molecule has 0 aliphatic rings. The summed E-state index contributed by atoms with van der Waals surface area (Å²) in [5.41, 5.74) is 0.819. The van der Waals surface area contributed by atoms with Crippen LogP contribution in [0.3, 0.4) is 0 Å². The van der Waals surface area contributed by atoms with E-state index in [-0.39, 0.29) is 11.8 Å². The molecule has 0 fully saturated rings. The zero-order chi connectivity index (χ0) is 17.8. The molecule has 0 saturated heterocycles. The third kappa shape index (κ3) is 3.74. The van der Waals surface area contributed by atoms with Crippen LogP contribution in [0.25, 0.3) is 20.3 Å².